The number of carbonyl (C=O) groups excluding carboxylic acids is 2. The number of hydrogen-bond acceptors (Lipinski definition) is 3. The smallest absolute Gasteiger partial charge is 0.294 e. The first-order valence-corrected chi connectivity index (χ1v) is 12.3. The topological polar surface area (TPSA) is 46.6 Å². The maximum Gasteiger partial charge on any atom is 0.417 e. The molecule has 3 rings (SSSR count). The molecule has 0 N–H and O–H groups in total. The summed E-state index contributed by atoms with van der Waals surface area (Å²) in [6, 6.07) is 1.79. The van der Waals surface area contributed by atoms with Gasteiger partial charge in [0.05, 0.1) is 28.1 Å². The van der Waals surface area contributed by atoms with E-state index in [1.54, 1.807) is 0 Å². The highest BCUT2D eigenvalue weighted by molar-refractivity contribution is 6.42. The van der Waals surface area contributed by atoms with Crippen molar-refractivity contribution in [3.8, 4) is 0 Å². The normalized spacial score (nSPS) is 17.7. The van der Waals surface area contributed by atoms with Crippen LogP contribution in [-0.4, -0.2) is 42.3 Å². The molecule has 236 valence electrons. The molecule has 2 aromatic carbocycles. The van der Waals surface area contributed by atoms with Gasteiger partial charge in [0, 0.05) is 23.1 Å². The molecule has 1 aliphatic rings. The van der Waals surface area contributed by atoms with E-state index in [-0.39, 0.29) is 17.2 Å². The van der Waals surface area contributed by atoms with Crippen LogP contribution in [0, 0.1) is 5.92 Å². The minimum absolute atomic E-state index is 0.00878. The van der Waals surface area contributed by atoms with Crippen molar-refractivity contribution in [2.24, 2.45) is 5.92 Å². The molecule has 0 radical (unpaired) electrons. The van der Waals surface area contributed by atoms with Crippen LogP contribution in [0.4, 0.5) is 52.7 Å². The van der Waals surface area contributed by atoms with Crippen molar-refractivity contribution in [2.45, 2.75) is 37.3 Å². The first kappa shape index (κ1) is 34.5. The van der Waals surface area contributed by atoms with Gasteiger partial charge in [-0.05, 0) is 29.8 Å². The van der Waals surface area contributed by atoms with Gasteiger partial charge < -0.3 is 0 Å². The van der Waals surface area contributed by atoms with Crippen LogP contribution in [0.2, 0.25) is 10.0 Å². The van der Waals surface area contributed by atoms with Crippen LogP contribution >= 0.6 is 23.2 Å². The number of hydrogen-bond donors (Lipinski definition) is 0. The van der Waals surface area contributed by atoms with Crippen LogP contribution in [-0.2, 0) is 15.8 Å². The standard InChI is InChI=1S/C25H15Cl2F12NO3/c26-17-5-11(3-14(20(17)27)21(29)30)15(24(34,35)36)7-18(28)10-1-2-13(16(4-10)25(37,38)39)19(41)6-12-8-43-40(22(12)42)9-23(31,32)33/h1-5,7,12,15,21H,6,8-9H2/b18-7-/t12-,15?/m1/s1. The lowest BCUT2D eigenvalue weighted by atomic mass is 9.92. The molecule has 1 heterocycles. The lowest BCUT2D eigenvalue weighted by Crippen LogP contribution is -2.35. The van der Waals surface area contributed by atoms with Crippen molar-refractivity contribution in [3.05, 3.63) is 74.3 Å². The average Bonchev–Trinajstić information content (AvgIpc) is 3.19. The number of amides is 1. The first-order chi connectivity index (χ1) is 19.6. The van der Waals surface area contributed by atoms with E-state index in [2.05, 4.69) is 4.84 Å². The zero-order chi connectivity index (χ0) is 32.7. The fourth-order valence-electron chi connectivity index (χ4n) is 4.05. The Morgan fingerprint density at radius 2 is 1.65 bits per heavy atom. The number of carbonyl (C=O) groups is 2. The summed E-state index contributed by atoms with van der Waals surface area (Å²) >= 11 is 11.2. The number of allylic oxidation sites excluding steroid dienone is 1. The van der Waals surface area contributed by atoms with Crippen LogP contribution in [0.5, 0.6) is 0 Å². The zero-order valence-electron chi connectivity index (χ0n) is 20.8. The molecule has 2 atom stereocenters. The van der Waals surface area contributed by atoms with E-state index >= 15 is 4.39 Å². The Balaban J connectivity index is 1.97. The molecule has 43 heavy (non-hydrogen) atoms. The van der Waals surface area contributed by atoms with E-state index < -0.39 is 112 Å². The Kier molecular flexibility index (Phi) is 10.1. The lowest BCUT2D eigenvalue weighted by molar-refractivity contribution is -0.214. The number of Topliss-reactive ketones (excluding diaryl/α,β-unsaturated/α-hetero) is 1. The molecule has 18 heteroatoms. The molecule has 0 aromatic heterocycles. The molecule has 4 nitrogen and oxygen atoms in total. The van der Waals surface area contributed by atoms with Gasteiger partial charge in [-0.25, -0.2) is 18.2 Å². The number of ketones is 1. The van der Waals surface area contributed by atoms with Gasteiger partial charge in [-0.1, -0.05) is 35.3 Å². The average molecular weight is 676 g/mol. The van der Waals surface area contributed by atoms with Gasteiger partial charge in [0.1, 0.15) is 18.3 Å². The number of hydroxylamine groups is 2. The van der Waals surface area contributed by atoms with Crippen molar-refractivity contribution in [2.75, 3.05) is 13.2 Å². The summed E-state index contributed by atoms with van der Waals surface area (Å²) in [6.45, 7) is -2.59. The maximum absolute atomic E-state index is 15.0. The zero-order valence-corrected chi connectivity index (χ0v) is 22.3. The van der Waals surface area contributed by atoms with Crippen LogP contribution in [0.25, 0.3) is 5.83 Å². The molecule has 1 saturated heterocycles. The highest BCUT2D eigenvalue weighted by atomic mass is 35.5. The summed E-state index contributed by atoms with van der Waals surface area (Å²) in [4.78, 5) is 29.3. The molecule has 1 fully saturated rings. The van der Waals surface area contributed by atoms with E-state index in [0.717, 1.165) is 0 Å². The fourth-order valence-corrected chi connectivity index (χ4v) is 4.47. The van der Waals surface area contributed by atoms with Crippen LogP contribution in [0.3, 0.4) is 0 Å². The van der Waals surface area contributed by atoms with E-state index in [9.17, 15) is 57.9 Å². The predicted molar refractivity (Wildman–Crippen MR) is 127 cm³/mol. The van der Waals surface area contributed by atoms with Gasteiger partial charge in [0.25, 0.3) is 12.3 Å². The van der Waals surface area contributed by atoms with Gasteiger partial charge in [-0.2, -0.15) is 39.5 Å². The Hall–Kier alpha value is -2.98. The molecule has 0 spiro atoms. The second kappa shape index (κ2) is 12.6. The van der Waals surface area contributed by atoms with Crippen LogP contribution in [0.15, 0.2) is 36.4 Å². The van der Waals surface area contributed by atoms with Crippen molar-refractivity contribution < 1.29 is 67.1 Å². The van der Waals surface area contributed by atoms with Gasteiger partial charge in [0.15, 0.2) is 5.78 Å². The monoisotopic (exact) mass is 675 g/mol. The summed E-state index contributed by atoms with van der Waals surface area (Å²) in [5.41, 5.74) is -6.18. The van der Waals surface area contributed by atoms with Crippen molar-refractivity contribution in [1.29, 1.82) is 0 Å². The first-order valence-electron chi connectivity index (χ1n) is 11.6. The molecule has 1 aliphatic heterocycles. The van der Waals surface area contributed by atoms with Crippen molar-refractivity contribution in [3.63, 3.8) is 0 Å². The number of alkyl halides is 11. The van der Waals surface area contributed by atoms with E-state index in [1.165, 1.54) is 0 Å². The Morgan fingerprint density at radius 3 is 2.19 bits per heavy atom. The number of benzene rings is 2. The third kappa shape index (κ3) is 8.35. The fraction of sp³-hybridized carbons (Fsp3) is 0.360. The summed E-state index contributed by atoms with van der Waals surface area (Å²) in [6.07, 6.45) is -20.2. The minimum Gasteiger partial charge on any atom is -0.294 e. The second-order valence-corrected chi connectivity index (χ2v) is 9.89. The summed E-state index contributed by atoms with van der Waals surface area (Å²) in [5, 5.41) is -1.59. The number of nitrogens with zero attached hydrogens (tertiary/aromatic N) is 1. The molecule has 0 saturated carbocycles. The summed E-state index contributed by atoms with van der Waals surface area (Å²) < 4.78 is 162. The van der Waals surface area contributed by atoms with Crippen LogP contribution < -0.4 is 0 Å². The molecular formula is C25H15Cl2F12NO3. The Bertz CT molecular complexity index is 1420. The van der Waals surface area contributed by atoms with E-state index in [4.69, 9.17) is 23.2 Å². The second-order valence-electron chi connectivity index (χ2n) is 9.11. The Labute approximate surface area is 243 Å². The summed E-state index contributed by atoms with van der Waals surface area (Å²) in [7, 11) is 0. The van der Waals surface area contributed by atoms with Crippen molar-refractivity contribution >= 4 is 40.7 Å². The number of halogens is 14. The summed E-state index contributed by atoms with van der Waals surface area (Å²) in [5.74, 6) is -9.17. The maximum atomic E-state index is 15.0. The van der Waals surface area contributed by atoms with Gasteiger partial charge in [-0.15, -0.1) is 0 Å². The third-order valence-electron chi connectivity index (χ3n) is 6.02. The van der Waals surface area contributed by atoms with Crippen molar-refractivity contribution in [1.82, 2.24) is 5.06 Å². The molecule has 0 aliphatic carbocycles. The lowest BCUT2D eigenvalue weighted by Gasteiger charge is -2.20. The molecule has 2 aromatic rings. The van der Waals surface area contributed by atoms with Gasteiger partial charge in [-0.3, -0.25) is 14.4 Å². The van der Waals surface area contributed by atoms with Crippen LogP contribution in [0.1, 0.15) is 51.4 Å². The van der Waals surface area contributed by atoms with E-state index in [1.807, 2.05) is 0 Å². The molecular weight excluding hydrogens is 661 g/mol. The van der Waals surface area contributed by atoms with Gasteiger partial charge >= 0.3 is 18.5 Å². The molecule has 0 bridgehead atoms. The highest BCUT2D eigenvalue weighted by Crippen LogP contribution is 2.43. The SMILES string of the molecule is O=C(C[C@@H]1CON(CC(F)(F)F)C1=O)c1ccc(/C(F)=C/C(c2cc(Cl)c(Cl)c(C(F)F)c2)C(F)(F)F)cc1C(F)(F)F. The largest absolute Gasteiger partial charge is 0.417 e. The third-order valence-corrected chi connectivity index (χ3v) is 6.84. The predicted octanol–water partition coefficient (Wildman–Crippen LogP) is 9.13. The minimum atomic E-state index is -5.39. The van der Waals surface area contributed by atoms with E-state index in [0.29, 0.717) is 24.3 Å². The Morgan fingerprint density at radius 1 is 1.02 bits per heavy atom. The van der Waals surface area contributed by atoms with Gasteiger partial charge in [0.2, 0.25) is 0 Å². The molecule has 1 unspecified atom stereocenters. The molecule has 1 amide bonds. The number of rotatable bonds is 8. The quantitative estimate of drug-likeness (QED) is 0.207. The highest BCUT2D eigenvalue weighted by Gasteiger charge is 2.43.